The van der Waals surface area contributed by atoms with E-state index in [4.69, 9.17) is 5.11 Å². The second-order valence-electron chi connectivity index (χ2n) is 4.43. The van der Waals surface area contributed by atoms with Gasteiger partial charge >= 0.3 is 6.03 Å². The lowest BCUT2D eigenvalue weighted by Crippen LogP contribution is -2.28. The van der Waals surface area contributed by atoms with Crippen molar-refractivity contribution in [3.8, 4) is 11.8 Å². The average Bonchev–Trinajstić information content (AvgIpc) is 2.68. The molecule has 1 fully saturated rings. The van der Waals surface area contributed by atoms with Crippen molar-refractivity contribution in [3.05, 3.63) is 35.1 Å². The summed E-state index contributed by atoms with van der Waals surface area (Å²) in [5.41, 5.74) is 1.20. The second-order valence-corrected chi connectivity index (χ2v) is 4.43. The van der Waals surface area contributed by atoms with Crippen LogP contribution < -0.4 is 0 Å². The van der Waals surface area contributed by atoms with Gasteiger partial charge in [-0.3, -0.25) is 0 Å². The number of amides is 2. The molecule has 1 N–H and O–H groups in total. The maximum absolute atomic E-state index is 13.5. The van der Waals surface area contributed by atoms with Gasteiger partial charge in [0.1, 0.15) is 12.4 Å². The largest absolute Gasteiger partial charge is 0.384 e. The highest BCUT2D eigenvalue weighted by molar-refractivity contribution is 5.76. The molecule has 0 atom stereocenters. The number of carbonyl (C=O) groups is 1. The molecule has 1 saturated heterocycles. The first-order valence-corrected chi connectivity index (χ1v) is 5.99. The van der Waals surface area contributed by atoms with Gasteiger partial charge in [-0.1, -0.05) is 11.8 Å². The van der Waals surface area contributed by atoms with Crippen LogP contribution in [0.25, 0.3) is 0 Å². The Balaban J connectivity index is 2.16. The number of halogens is 1. The topological polar surface area (TPSA) is 43.8 Å². The Labute approximate surface area is 111 Å². The smallest absolute Gasteiger partial charge is 0.320 e. The van der Waals surface area contributed by atoms with Crippen LogP contribution >= 0.6 is 0 Å². The van der Waals surface area contributed by atoms with Crippen LogP contribution in [0.5, 0.6) is 0 Å². The Hall–Kier alpha value is -2.06. The number of benzene rings is 1. The normalized spacial score (nSPS) is 14.6. The fraction of sp³-hybridized carbons (Fsp3) is 0.357. The van der Waals surface area contributed by atoms with Gasteiger partial charge in [0.15, 0.2) is 0 Å². The molecule has 0 bridgehead atoms. The number of hydrogen-bond acceptors (Lipinski definition) is 2. The van der Waals surface area contributed by atoms with Crippen LogP contribution in [0.15, 0.2) is 18.2 Å². The minimum Gasteiger partial charge on any atom is -0.384 e. The van der Waals surface area contributed by atoms with Gasteiger partial charge in [-0.25, -0.2) is 9.18 Å². The molecule has 1 heterocycles. The first kappa shape index (κ1) is 13.4. The first-order chi connectivity index (χ1) is 9.10. The van der Waals surface area contributed by atoms with Crippen LogP contribution in [0.3, 0.4) is 0 Å². The minimum atomic E-state index is -0.389. The van der Waals surface area contributed by atoms with Crippen molar-refractivity contribution in [1.82, 2.24) is 9.80 Å². The number of likely N-dealkylation sites (N-methyl/N-ethyl adjacent to an activating group) is 1. The lowest BCUT2D eigenvalue weighted by Gasteiger charge is -2.16. The number of urea groups is 1. The molecule has 2 rings (SSSR count). The number of hydrogen-bond donors (Lipinski definition) is 1. The molecule has 0 aliphatic carbocycles. The maximum Gasteiger partial charge on any atom is 0.320 e. The second kappa shape index (κ2) is 5.72. The van der Waals surface area contributed by atoms with Crippen molar-refractivity contribution < 1.29 is 14.3 Å². The van der Waals surface area contributed by atoms with Crippen LogP contribution in [-0.2, 0) is 6.54 Å². The van der Waals surface area contributed by atoms with Gasteiger partial charge in [0.25, 0.3) is 0 Å². The standard InChI is InChI=1S/C14H15FN2O2/c1-16-4-5-17(14(16)19)10-12-7-11(3-2-6-18)8-13(15)9-12/h7-9,18H,4-6,10H2,1H3. The average molecular weight is 262 g/mol. The van der Waals surface area contributed by atoms with E-state index in [1.807, 2.05) is 0 Å². The van der Waals surface area contributed by atoms with Crippen LogP contribution in [0.2, 0.25) is 0 Å². The van der Waals surface area contributed by atoms with Crippen molar-refractivity contribution in [2.75, 3.05) is 26.7 Å². The van der Waals surface area contributed by atoms with E-state index >= 15 is 0 Å². The zero-order valence-corrected chi connectivity index (χ0v) is 10.7. The molecule has 0 aromatic heterocycles. The summed E-state index contributed by atoms with van der Waals surface area (Å²) in [6, 6.07) is 4.39. The van der Waals surface area contributed by atoms with Gasteiger partial charge in [-0.2, -0.15) is 0 Å². The molecule has 0 spiro atoms. The maximum atomic E-state index is 13.5. The van der Waals surface area contributed by atoms with Crippen LogP contribution in [0.4, 0.5) is 9.18 Å². The molecule has 1 aliphatic rings. The fourth-order valence-corrected chi connectivity index (χ4v) is 2.03. The molecular formula is C14H15FN2O2. The van der Waals surface area contributed by atoms with Crippen LogP contribution in [-0.4, -0.2) is 47.7 Å². The van der Waals surface area contributed by atoms with Gasteiger partial charge in [0.05, 0.1) is 0 Å². The van der Waals surface area contributed by atoms with Crippen molar-refractivity contribution in [2.45, 2.75) is 6.54 Å². The fourth-order valence-electron chi connectivity index (χ4n) is 2.03. The Morgan fingerprint density at radius 3 is 2.79 bits per heavy atom. The van der Waals surface area contributed by atoms with E-state index in [0.717, 1.165) is 0 Å². The highest BCUT2D eigenvalue weighted by Crippen LogP contribution is 2.14. The quantitative estimate of drug-likeness (QED) is 0.809. The monoisotopic (exact) mass is 262 g/mol. The lowest BCUT2D eigenvalue weighted by atomic mass is 10.1. The SMILES string of the molecule is CN1CCN(Cc2cc(F)cc(C#CCO)c2)C1=O. The molecule has 1 aliphatic heterocycles. The van der Waals surface area contributed by atoms with E-state index in [0.29, 0.717) is 30.8 Å². The molecule has 0 radical (unpaired) electrons. The third kappa shape index (κ3) is 3.24. The van der Waals surface area contributed by atoms with Gasteiger partial charge in [0.2, 0.25) is 0 Å². The number of carbonyl (C=O) groups excluding carboxylic acids is 1. The summed E-state index contributed by atoms with van der Waals surface area (Å²) in [5.74, 6) is 4.76. The third-order valence-corrected chi connectivity index (χ3v) is 2.95. The van der Waals surface area contributed by atoms with Gasteiger partial charge in [0, 0.05) is 32.2 Å². The van der Waals surface area contributed by atoms with Crippen molar-refractivity contribution in [1.29, 1.82) is 0 Å². The van der Waals surface area contributed by atoms with Crippen LogP contribution in [0.1, 0.15) is 11.1 Å². The van der Waals surface area contributed by atoms with E-state index in [9.17, 15) is 9.18 Å². The molecule has 19 heavy (non-hydrogen) atoms. The van der Waals surface area contributed by atoms with E-state index in [-0.39, 0.29) is 18.5 Å². The Morgan fingerprint density at radius 2 is 2.16 bits per heavy atom. The van der Waals surface area contributed by atoms with Crippen molar-refractivity contribution >= 4 is 6.03 Å². The summed E-state index contributed by atoms with van der Waals surface area (Å²) >= 11 is 0. The van der Waals surface area contributed by atoms with Crippen molar-refractivity contribution in [3.63, 3.8) is 0 Å². The van der Waals surface area contributed by atoms with E-state index < -0.39 is 0 Å². The summed E-state index contributed by atoms with van der Waals surface area (Å²) in [6.07, 6.45) is 0. The van der Waals surface area contributed by atoms with Gasteiger partial charge in [-0.05, 0) is 23.8 Å². The minimum absolute atomic E-state index is 0.0488. The van der Waals surface area contributed by atoms with E-state index in [1.54, 1.807) is 22.9 Å². The molecule has 100 valence electrons. The highest BCUT2D eigenvalue weighted by Gasteiger charge is 2.25. The molecule has 0 saturated carbocycles. The predicted molar refractivity (Wildman–Crippen MR) is 68.8 cm³/mol. The lowest BCUT2D eigenvalue weighted by molar-refractivity contribution is 0.197. The molecule has 1 aromatic carbocycles. The molecule has 1 aromatic rings. The first-order valence-electron chi connectivity index (χ1n) is 5.99. The zero-order valence-electron chi connectivity index (χ0n) is 10.7. The van der Waals surface area contributed by atoms with Crippen LogP contribution in [0, 0.1) is 17.7 Å². The Kier molecular flexibility index (Phi) is 4.03. The number of rotatable bonds is 2. The summed E-state index contributed by atoms with van der Waals surface area (Å²) in [6.45, 7) is 1.44. The summed E-state index contributed by atoms with van der Waals surface area (Å²) in [5, 5.41) is 8.63. The molecule has 0 unspecified atom stereocenters. The number of aliphatic hydroxyl groups is 1. The van der Waals surface area contributed by atoms with Crippen molar-refractivity contribution in [2.24, 2.45) is 0 Å². The van der Waals surface area contributed by atoms with Gasteiger partial charge in [-0.15, -0.1) is 0 Å². The number of aliphatic hydroxyl groups excluding tert-OH is 1. The zero-order chi connectivity index (χ0) is 13.8. The summed E-state index contributed by atoms with van der Waals surface area (Å²) in [4.78, 5) is 15.0. The molecular weight excluding hydrogens is 247 g/mol. The highest BCUT2D eigenvalue weighted by atomic mass is 19.1. The summed E-state index contributed by atoms with van der Waals surface area (Å²) < 4.78 is 13.5. The Morgan fingerprint density at radius 1 is 1.37 bits per heavy atom. The third-order valence-electron chi connectivity index (χ3n) is 2.95. The summed E-state index contributed by atoms with van der Waals surface area (Å²) in [7, 11) is 1.74. The number of nitrogens with zero attached hydrogens (tertiary/aromatic N) is 2. The Bertz CT molecular complexity index is 548. The molecule has 2 amide bonds. The van der Waals surface area contributed by atoms with Gasteiger partial charge < -0.3 is 14.9 Å². The molecule has 5 heteroatoms. The van der Waals surface area contributed by atoms with E-state index in [1.165, 1.54) is 12.1 Å². The molecule has 4 nitrogen and oxygen atoms in total. The predicted octanol–water partition coefficient (Wildman–Crippen LogP) is 1.04. The van der Waals surface area contributed by atoms with E-state index in [2.05, 4.69) is 11.8 Å².